The van der Waals surface area contributed by atoms with E-state index in [4.69, 9.17) is 15.2 Å². The lowest BCUT2D eigenvalue weighted by molar-refractivity contribution is 0.410. The average Bonchev–Trinajstić information content (AvgIpc) is 2.41. The van der Waals surface area contributed by atoms with E-state index < -0.39 is 0 Å². The van der Waals surface area contributed by atoms with Crippen molar-refractivity contribution in [3.8, 4) is 17.2 Å². The van der Waals surface area contributed by atoms with Gasteiger partial charge >= 0.3 is 0 Å². The van der Waals surface area contributed by atoms with Gasteiger partial charge in [-0.3, -0.25) is 0 Å². The molecular weight excluding hydrogens is 246 g/mol. The normalized spacial score (nSPS) is 10.1. The first-order valence-electron chi connectivity index (χ1n) is 5.49. The lowest BCUT2D eigenvalue weighted by atomic mass is 10.3. The van der Waals surface area contributed by atoms with E-state index in [0.29, 0.717) is 17.2 Å². The molecule has 0 saturated heterocycles. The highest BCUT2D eigenvalue weighted by atomic mass is 32.2. The number of thioether (sulfide) groups is 1. The molecule has 3 nitrogen and oxygen atoms in total. The molecular formula is C14H15NO2S. The van der Waals surface area contributed by atoms with Crippen LogP contribution >= 0.6 is 11.8 Å². The second-order valence-electron chi connectivity index (χ2n) is 3.66. The Morgan fingerprint density at radius 1 is 1.06 bits per heavy atom. The van der Waals surface area contributed by atoms with E-state index in [2.05, 4.69) is 0 Å². The summed E-state index contributed by atoms with van der Waals surface area (Å²) in [7, 11) is 1.59. The number of nitrogens with two attached hydrogens (primary N) is 1. The summed E-state index contributed by atoms with van der Waals surface area (Å²) >= 11 is 1.65. The van der Waals surface area contributed by atoms with E-state index >= 15 is 0 Å². The number of hydrogen-bond acceptors (Lipinski definition) is 4. The highest BCUT2D eigenvalue weighted by molar-refractivity contribution is 7.98. The van der Waals surface area contributed by atoms with Crippen molar-refractivity contribution in [3.63, 3.8) is 0 Å². The highest BCUT2D eigenvalue weighted by Gasteiger charge is 2.06. The molecule has 0 spiro atoms. The van der Waals surface area contributed by atoms with Crippen LogP contribution in [0.25, 0.3) is 0 Å². The molecule has 0 radical (unpaired) electrons. The third kappa shape index (κ3) is 2.71. The van der Waals surface area contributed by atoms with E-state index in [1.807, 2.05) is 36.6 Å². The molecule has 0 unspecified atom stereocenters. The first kappa shape index (κ1) is 12.6. The van der Waals surface area contributed by atoms with Gasteiger partial charge in [0, 0.05) is 11.0 Å². The average molecular weight is 261 g/mol. The van der Waals surface area contributed by atoms with E-state index in [0.717, 1.165) is 10.6 Å². The Bertz CT molecular complexity index is 543. The Kier molecular flexibility index (Phi) is 3.99. The quantitative estimate of drug-likeness (QED) is 0.671. The van der Waals surface area contributed by atoms with Gasteiger partial charge in [0.05, 0.1) is 12.8 Å². The van der Waals surface area contributed by atoms with Crippen LogP contribution in [0.5, 0.6) is 17.2 Å². The van der Waals surface area contributed by atoms with Crippen molar-refractivity contribution in [1.29, 1.82) is 0 Å². The van der Waals surface area contributed by atoms with Gasteiger partial charge in [-0.25, -0.2) is 0 Å². The molecule has 2 aromatic rings. The molecule has 18 heavy (non-hydrogen) atoms. The van der Waals surface area contributed by atoms with Crippen LogP contribution in [0.4, 0.5) is 5.69 Å². The SMILES string of the molecule is COc1cc(Oc2ccccc2SC)ccc1N. The molecule has 0 aromatic heterocycles. The summed E-state index contributed by atoms with van der Waals surface area (Å²) < 4.78 is 11.0. The van der Waals surface area contributed by atoms with Crippen molar-refractivity contribution in [1.82, 2.24) is 0 Å². The fourth-order valence-electron chi connectivity index (χ4n) is 1.59. The zero-order chi connectivity index (χ0) is 13.0. The Hall–Kier alpha value is -1.81. The predicted octanol–water partition coefficient (Wildman–Crippen LogP) is 3.79. The summed E-state index contributed by atoms with van der Waals surface area (Å²) in [6.45, 7) is 0. The third-order valence-electron chi connectivity index (χ3n) is 2.50. The molecule has 4 heteroatoms. The van der Waals surface area contributed by atoms with Crippen LogP contribution in [0.2, 0.25) is 0 Å². The van der Waals surface area contributed by atoms with Gasteiger partial charge < -0.3 is 15.2 Å². The first-order chi connectivity index (χ1) is 8.74. The number of rotatable bonds is 4. The second-order valence-corrected chi connectivity index (χ2v) is 4.50. The zero-order valence-corrected chi connectivity index (χ0v) is 11.2. The van der Waals surface area contributed by atoms with Crippen LogP contribution in [0.3, 0.4) is 0 Å². The summed E-state index contributed by atoms with van der Waals surface area (Å²) in [5.41, 5.74) is 6.36. The van der Waals surface area contributed by atoms with Crippen molar-refractivity contribution in [2.45, 2.75) is 4.90 Å². The molecule has 2 rings (SSSR count). The number of methoxy groups -OCH3 is 1. The number of para-hydroxylation sites is 1. The van der Waals surface area contributed by atoms with Gasteiger partial charge in [-0.15, -0.1) is 11.8 Å². The summed E-state index contributed by atoms with van der Waals surface area (Å²) in [6.07, 6.45) is 2.02. The van der Waals surface area contributed by atoms with Crippen molar-refractivity contribution < 1.29 is 9.47 Å². The molecule has 2 N–H and O–H groups in total. The van der Waals surface area contributed by atoms with Gasteiger partial charge in [-0.1, -0.05) is 12.1 Å². The summed E-state index contributed by atoms with van der Waals surface area (Å²) in [4.78, 5) is 1.09. The Balaban J connectivity index is 2.28. The lowest BCUT2D eigenvalue weighted by Crippen LogP contribution is -1.93. The molecule has 0 aliphatic rings. The zero-order valence-electron chi connectivity index (χ0n) is 10.3. The number of hydrogen-bond donors (Lipinski definition) is 1. The van der Waals surface area contributed by atoms with Crippen LogP contribution < -0.4 is 15.2 Å². The Morgan fingerprint density at radius 3 is 2.56 bits per heavy atom. The number of nitrogen functional groups attached to an aromatic ring is 1. The third-order valence-corrected chi connectivity index (χ3v) is 3.28. The molecule has 0 amide bonds. The molecule has 0 aliphatic heterocycles. The molecule has 0 heterocycles. The van der Waals surface area contributed by atoms with Gasteiger partial charge in [-0.2, -0.15) is 0 Å². The largest absolute Gasteiger partial charge is 0.494 e. The maximum Gasteiger partial charge on any atom is 0.145 e. The van der Waals surface area contributed by atoms with Gasteiger partial charge in [-0.05, 0) is 30.5 Å². The van der Waals surface area contributed by atoms with Crippen molar-refractivity contribution in [2.75, 3.05) is 19.1 Å². The van der Waals surface area contributed by atoms with E-state index in [1.54, 1.807) is 31.0 Å². The molecule has 0 bridgehead atoms. The van der Waals surface area contributed by atoms with Crippen LogP contribution in [-0.2, 0) is 0 Å². The maximum absolute atomic E-state index is 5.84. The van der Waals surface area contributed by atoms with Crippen molar-refractivity contribution in [3.05, 3.63) is 42.5 Å². The van der Waals surface area contributed by atoms with Crippen molar-refractivity contribution in [2.24, 2.45) is 0 Å². The molecule has 0 atom stereocenters. The molecule has 0 aliphatic carbocycles. The van der Waals surface area contributed by atoms with Crippen molar-refractivity contribution >= 4 is 17.4 Å². The second kappa shape index (κ2) is 5.69. The minimum atomic E-state index is 0.600. The fraction of sp³-hybridized carbons (Fsp3) is 0.143. The van der Waals surface area contributed by atoms with Gasteiger partial charge in [0.1, 0.15) is 17.2 Å². The Morgan fingerprint density at radius 2 is 1.83 bits per heavy atom. The number of benzene rings is 2. The minimum Gasteiger partial charge on any atom is -0.494 e. The topological polar surface area (TPSA) is 44.5 Å². The van der Waals surface area contributed by atoms with Gasteiger partial charge in [0.2, 0.25) is 0 Å². The van der Waals surface area contributed by atoms with Gasteiger partial charge in [0.15, 0.2) is 0 Å². The monoisotopic (exact) mass is 261 g/mol. The molecule has 0 fully saturated rings. The van der Waals surface area contributed by atoms with Gasteiger partial charge in [0.25, 0.3) is 0 Å². The standard InChI is InChI=1S/C14H15NO2S/c1-16-13-9-10(7-8-11(13)15)17-12-5-3-4-6-14(12)18-2/h3-9H,15H2,1-2H3. The maximum atomic E-state index is 5.84. The van der Waals surface area contributed by atoms with E-state index in [-0.39, 0.29) is 0 Å². The molecule has 2 aromatic carbocycles. The lowest BCUT2D eigenvalue weighted by Gasteiger charge is -2.11. The summed E-state index contributed by atoms with van der Waals surface area (Å²) in [6, 6.07) is 13.3. The molecule has 0 saturated carbocycles. The van der Waals surface area contributed by atoms with E-state index in [1.165, 1.54) is 0 Å². The minimum absolute atomic E-state index is 0.600. The fourth-order valence-corrected chi connectivity index (χ4v) is 2.11. The van der Waals surface area contributed by atoms with Crippen LogP contribution in [-0.4, -0.2) is 13.4 Å². The summed E-state index contributed by atoms with van der Waals surface area (Å²) in [5, 5.41) is 0. The smallest absolute Gasteiger partial charge is 0.145 e. The Labute approximate surface area is 111 Å². The van der Waals surface area contributed by atoms with Crippen LogP contribution in [0.15, 0.2) is 47.4 Å². The summed E-state index contributed by atoms with van der Waals surface area (Å²) in [5.74, 6) is 2.16. The van der Waals surface area contributed by atoms with E-state index in [9.17, 15) is 0 Å². The predicted molar refractivity (Wildman–Crippen MR) is 75.7 cm³/mol. The molecule has 94 valence electrons. The highest BCUT2D eigenvalue weighted by Crippen LogP contribution is 2.34. The first-order valence-corrected chi connectivity index (χ1v) is 6.71. The number of anilines is 1. The van der Waals surface area contributed by atoms with Crippen LogP contribution in [0, 0.1) is 0 Å². The number of ether oxygens (including phenoxy) is 2. The van der Waals surface area contributed by atoms with Crippen LogP contribution in [0.1, 0.15) is 0 Å².